The largest absolute Gasteiger partial charge is 0.369 e. The third-order valence-electron chi connectivity index (χ3n) is 6.16. The smallest absolute Gasteiger partial charge is 0.322 e. The monoisotopic (exact) mass is 472 g/mol. The first-order valence-electron chi connectivity index (χ1n) is 11.7. The van der Waals surface area contributed by atoms with Crippen molar-refractivity contribution in [2.24, 2.45) is 0 Å². The molecule has 180 valence electrons. The molecule has 1 fully saturated rings. The molecule has 0 aromatic heterocycles. The summed E-state index contributed by atoms with van der Waals surface area (Å²) < 4.78 is 25.1. The zero-order valence-corrected chi connectivity index (χ0v) is 20.7. The van der Waals surface area contributed by atoms with Gasteiger partial charge in [0.1, 0.15) is 0 Å². The number of urea groups is 1. The van der Waals surface area contributed by atoms with Crippen LogP contribution in [0.2, 0.25) is 0 Å². The first-order valence-corrected chi connectivity index (χ1v) is 13.6. The SMILES string of the molecule is CCCC(CC)N(C(=O)NCc1ccccc1)c1ccc(N2CCN(S(C)(=O)=O)CC2)cc1. The Morgan fingerprint density at radius 2 is 1.64 bits per heavy atom. The summed E-state index contributed by atoms with van der Waals surface area (Å²) in [6, 6.07) is 18.0. The number of benzene rings is 2. The van der Waals surface area contributed by atoms with Crippen LogP contribution in [-0.4, -0.2) is 57.2 Å². The number of carbonyl (C=O) groups excluding carboxylic acids is 1. The van der Waals surface area contributed by atoms with E-state index in [1.54, 1.807) is 0 Å². The predicted molar refractivity (Wildman–Crippen MR) is 135 cm³/mol. The lowest BCUT2D eigenvalue weighted by atomic mass is 10.1. The summed E-state index contributed by atoms with van der Waals surface area (Å²) in [7, 11) is -3.15. The van der Waals surface area contributed by atoms with Crippen LogP contribution in [0.15, 0.2) is 54.6 Å². The van der Waals surface area contributed by atoms with Gasteiger partial charge in [0, 0.05) is 50.1 Å². The second-order valence-electron chi connectivity index (χ2n) is 8.53. The summed E-state index contributed by atoms with van der Waals surface area (Å²) >= 11 is 0. The fourth-order valence-electron chi connectivity index (χ4n) is 4.30. The minimum absolute atomic E-state index is 0.0892. The molecule has 0 saturated carbocycles. The molecule has 2 aromatic carbocycles. The molecule has 2 aromatic rings. The van der Waals surface area contributed by atoms with Gasteiger partial charge in [-0.3, -0.25) is 4.90 Å². The zero-order chi connectivity index (χ0) is 23.8. The fraction of sp³-hybridized carbons (Fsp3) is 0.480. The van der Waals surface area contributed by atoms with Crippen molar-refractivity contribution < 1.29 is 13.2 Å². The van der Waals surface area contributed by atoms with Gasteiger partial charge in [0.05, 0.1) is 6.26 Å². The van der Waals surface area contributed by atoms with Crippen molar-refractivity contribution in [1.82, 2.24) is 9.62 Å². The maximum atomic E-state index is 13.3. The lowest BCUT2D eigenvalue weighted by molar-refractivity contribution is 0.242. The molecule has 1 aliphatic heterocycles. The highest BCUT2D eigenvalue weighted by Crippen LogP contribution is 2.26. The molecule has 0 bridgehead atoms. The van der Waals surface area contributed by atoms with E-state index in [9.17, 15) is 13.2 Å². The topological polar surface area (TPSA) is 73.0 Å². The van der Waals surface area contributed by atoms with E-state index in [-0.39, 0.29) is 12.1 Å². The minimum atomic E-state index is -3.15. The Morgan fingerprint density at radius 1 is 1.00 bits per heavy atom. The summed E-state index contributed by atoms with van der Waals surface area (Å²) in [6.07, 6.45) is 4.07. The van der Waals surface area contributed by atoms with E-state index < -0.39 is 10.0 Å². The average Bonchev–Trinajstić information content (AvgIpc) is 2.83. The molecular formula is C25H36N4O3S. The van der Waals surface area contributed by atoms with Gasteiger partial charge < -0.3 is 10.2 Å². The molecule has 3 rings (SSSR count). The highest BCUT2D eigenvalue weighted by molar-refractivity contribution is 7.88. The Kier molecular flexibility index (Phi) is 8.74. The molecule has 1 atom stereocenters. The number of hydrogen-bond acceptors (Lipinski definition) is 4. The number of rotatable bonds is 9. The zero-order valence-electron chi connectivity index (χ0n) is 19.9. The maximum absolute atomic E-state index is 13.3. The number of hydrogen-bond donors (Lipinski definition) is 1. The third kappa shape index (κ3) is 6.71. The molecule has 7 nitrogen and oxygen atoms in total. The Bertz CT molecular complexity index is 988. The van der Waals surface area contributed by atoms with Gasteiger partial charge in [0.2, 0.25) is 10.0 Å². The average molecular weight is 473 g/mol. The molecular weight excluding hydrogens is 436 g/mol. The molecule has 2 amide bonds. The van der Waals surface area contributed by atoms with Gasteiger partial charge in [-0.15, -0.1) is 0 Å². The quantitative estimate of drug-likeness (QED) is 0.597. The summed E-state index contributed by atoms with van der Waals surface area (Å²) in [4.78, 5) is 17.3. The van der Waals surface area contributed by atoms with Gasteiger partial charge in [-0.05, 0) is 42.7 Å². The maximum Gasteiger partial charge on any atom is 0.322 e. The number of amides is 2. The third-order valence-corrected chi connectivity index (χ3v) is 7.47. The van der Waals surface area contributed by atoms with Gasteiger partial charge in [-0.25, -0.2) is 13.2 Å². The molecule has 1 unspecified atom stereocenters. The summed E-state index contributed by atoms with van der Waals surface area (Å²) in [5, 5.41) is 3.08. The molecule has 0 spiro atoms. The Balaban J connectivity index is 1.73. The molecule has 33 heavy (non-hydrogen) atoms. The normalized spacial score (nSPS) is 15.8. The fourth-order valence-corrected chi connectivity index (χ4v) is 5.13. The van der Waals surface area contributed by atoms with Crippen molar-refractivity contribution in [3.8, 4) is 0 Å². The number of nitrogens with one attached hydrogen (secondary N) is 1. The van der Waals surface area contributed by atoms with Crippen LogP contribution in [0.5, 0.6) is 0 Å². The van der Waals surface area contributed by atoms with E-state index in [0.717, 1.165) is 36.2 Å². The van der Waals surface area contributed by atoms with Crippen LogP contribution in [-0.2, 0) is 16.6 Å². The standard InChI is InChI=1S/C25H36N4O3S/c1-4-9-22(5-2)29(25(30)26-20-21-10-7-6-8-11-21)24-14-12-23(13-15-24)27-16-18-28(19-17-27)33(3,31)32/h6-8,10-15,22H,4-5,9,16-20H2,1-3H3,(H,26,30). The van der Waals surface area contributed by atoms with Crippen molar-refractivity contribution in [3.63, 3.8) is 0 Å². The number of carbonyl (C=O) groups is 1. The van der Waals surface area contributed by atoms with Gasteiger partial charge in [-0.1, -0.05) is 50.6 Å². The number of nitrogens with zero attached hydrogens (tertiary/aromatic N) is 3. The van der Waals surface area contributed by atoms with Crippen molar-refractivity contribution in [1.29, 1.82) is 0 Å². The van der Waals surface area contributed by atoms with E-state index in [1.807, 2.05) is 59.5 Å². The van der Waals surface area contributed by atoms with Crippen LogP contribution in [0.25, 0.3) is 0 Å². The molecule has 1 heterocycles. The second-order valence-corrected chi connectivity index (χ2v) is 10.5. The second kappa shape index (κ2) is 11.5. The molecule has 0 aliphatic carbocycles. The predicted octanol–water partition coefficient (Wildman–Crippen LogP) is 4.06. The molecule has 1 saturated heterocycles. The highest BCUT2D eigenvalue weighted by atomic mass is 32.2. The summed E-state index contributed by atoms with van der Waals surface area (Å²) in [6.45, 7) is 7.03. The number of anilines is 2. The summed E-state index contributed by atoms with van der Waals surface area (Å²) in [5.41, 5.74) is 2.98. The summed E-state index contributed by atoms with van der Waals surface area (Å²) in [5.74, 6) is 0. The van der Waals surface area contributed by atoms with Crippen molar-refractivity contribution >= 4 is 27.4 Å². The molecule has 1 aliphatic rings. The first-order chi connectivity index (χ1) is 15.8. The van der Waals surface area contributed by atoms with Gasteiger partial charge in [0.25, 0.3) is 0 Å². The lowest BCUT2D eigenvalue weighted by Gasteiger charge is -2.35. The number of piperazine rings is 1. The lowest BCUT2D eigenvalue weighted by Crippen LogP contribution is -2.48. The molecule has 8 heteroatoms. The highest BCUT2D eigenvalue weighted by Gasteiger charge is 2.25. The van der Waals surface area contributed by atoms with Crippen LogP contribution in [0, 0.1) is 0 Å². The first kappa shape index (κ1) is 25.1. The molecule has 1 N–H and O–H groups in total. The van der Waals surface area contributed by atoms with Crippen LogP contribution in [0.4, 0.5) is 16.2 Å². The van der Waals surface area contributed by atoms with Crippen molar-refractivity contribution in [2.75, 3.05) is 42.2 Å². The van der Waals surface area contributed by atoms with E-state index >= 15 is 0 Å². The van der Waals surface area contributed by atoms with E-state index in [0.29, 0.717) is 32.7 Å². The Labute approximate surface area is 198 Å². The van der Waals surface area contributed by atoms with E-state index in [2.05, 4.69) is 24.1 Å². The minimum Gasteiger partial charge on any atom is -0.369 e. The van der Waals surface area contributed by atoms with Crippen LogP contribution in [0.1, 0.15) is 38.7 Å². The Hall–Kier alpha value is -2.58. The van der Waals surface area contributed by atoms with Crippen LogP contribution >= 0.6 is 0 Å². The van der Waals surface area contributed by atoms with E-state index in [4.69, 9.17) is 0 Å². The van der Waals surface area contributed by atoms with Gasteiger partial charge in [-0.2, -0.15) is 4.31 Å². The van der Waals surface area contributed by atoms with Gasteiger partial charge in [0.15, 0.2) is 0 Å². The van der Waals surface area contributed by atoms with Crippen LogP contribution in [0.3, 0.4) is 0 Å². The van der Waals surface area contributed by atoms with Crippen molar-refractivity contribution in [2.45, 2.75) is 45.7 Å². The van der Waals surface area contributed by atoms with E-state index in [1.165, 1.54) is 10.6 Å². The van der Waals surface area contributed by atoms with Gasteiger partial charge >= 0.3 is 6.03 Å². The molecule has 0 radical (unpaired) electrons. The van der Waals surface area contributed by atoms with Crippen molar-refractivity contribution in [3.05, 3.63) is 60.2 Å². The Morgan fingerprint density at radius 3 is 2.18 bits per heavy atom. The number of sulfonamides is 1. The van der Waals surface area contributed by atoms with Crippen LogP contribution < -0.4 is 15.1 Å².